The van der Waals surface area contributed by atoms with Crippen LogP contribution in [0.15, 0.2) is 12.1 Å². The third kappa shape index (κ3) is 2.24. The Morgan fingerprint density at radius 2 is 1.76 bits per heavy atom. The average molecular weight is 233 g/mol. The third-order valence-electron chi connectivity index (χ3n) is 4.03. The van der Waals surface area contributed by atoms with E-state index < -0.39 is 0 Å². The highest BCUT2D eigenvalue weighted by Crippen LogP contribution is 2.39. The van der Waals surface area contributed by atoms with Crippen molar-refractivity contribution in [3.63, 3.8) is 0 Å². The Bertz CT molecular complexity index is 408. The second-order valence-corrected chi connectivity index (χ2v) is 5.42. The molecule has 1 fully saturated rings. The van der Waals surface area contributed by atoms with Crippen LogP contribution in [0.5, 0.6) is 0 Å². The van der Waals surface area contributed by atoms with Gasteiger partial charge in [0.05, 0.1) is 13.2 Å². The van der Waals surface area contributed by atoms with E-state index in [0.29, 0.717) is 0 Å². The molecule has 1 aliphatic heterocycles. The first-order valence-electron chi connectivity index (χ1n) is 6.45. The van der Waals surface area contributed by atoms with Crippen LogP contribution in [0.25, 0.3) is 0 Å². The Morgan fingerprint density at radius 3 is 2.29 bits per heavy atom. The minimum absolute atomic E-state index is 0.238. The van der Waals surface area contributed by atoms with Crippen molar-refractivity contribution in [2.24, 2.45) is 5.73 Å². The maximum atomic E-state index is 5.64. The fourth-order valence-electron chi connectivity index (χ4n) is 2.76. The lowest BCUT2D eigenvalue weighted by atomic mass is 9.72. The Hall–Kier alpha value is -0.860. The number of rotatable bonds is 4. The molecule has 0 aromatic heterocycles. The van der Waals surface area contributed by atoms with Gasteiger partial charge in [0.25, 0.3) is 0 Å². The van der Waals surface area contributed by atoms with Crippen molar-refractivity contribution in [2.45, 2.75) is 39.0 Å². The van der Waals surface area contributed by atoms with E-state index in [1.807, 2.05) is 0 Å². The summed E-state index contributed by atoms with van der Waals surface area (Å²) in [6.07, 6.45) is 2.22. The largest absolute Gasteiger partial charge is 0.379 e. The van der Waals surface area contributed by atoms with Crippen molar-refractivity contribution in [2.75, 3.05) is 19.8 Å². The maximum absolute atomic E-state index is 5.64. The summed E-state index contributed by atoms with van der Waals surface area (Å²) >= 11 is 0. The van der Waals surface area contributed by atoms with Gasteiger partial charge in [-0.25, -0.2) is 0 Å². The summed E-state index contributed by atoms with van der Waals surface area (Å²) in [6.45, 7) is 9.06. The van der Waals surface area contributed by atoms with Crippen molar-refractivity contribution in [3.05, 3.63) is 34.4 Å². The summed E-state index contributed by atoms with van der Waals surface area (Å²) in [4.78, 5) is 0. The zero-order chi connectivity index (χ0) is 12.5. The van der Waals surface area contributed by atoms with E-state index in [4.69, 9.17) is 10.5 Å². The number of aryl methyl sites for hydroxylation is 3. The lowest BCUT2D eigenvalue weighted by molar-refractivity contribution is -0.0652. The molecule has 0 aliphatic carbocycles. The molecular formula is C15H23NO. The first kappa shape index (κ1) is 12.6. The van der Waals surface area contributed by atoms with Gasteiger partial charge in [0.15, 0.2) is 0 Å². The summed E-state index contributed by atoms with van der Waals surface area (Å²) < 4.78 is 5.47. The zero-order valence-electron chi connectivity index (χ0n) is 11.2. The number of benzene rings is 1. The summed E-state index contributed by atoms with van der Waals surface area (Å²) in [5.74, 6) is 0. The number of nitrogens with two attached hydrogens (primary N) is 1. The molecule has 2 heteroatoms. The Kier molecular flexibility index (Phi) is 3.55. The summed E-state index contributed by atoms with van der Waals surface area (Å²) in [5.41, 5.74) is 11.5. The predicted octanol–water partition coefficient (Wildman–Crippen LogP) is 2.62. The standard InChI is InChI=1S/C15H23NO/c1-11-7-13(3)14(8-12(11)2)15(5-4-6-16)9-17-10-15/h7-8H,4-6,9-10,16H2,1-3H3. The monoisotopic (exact) mass is 233 g/mol. The quantitative estimate of drug-likeness (QED) is 0.867. The van der Waals surface area contributed by atoms with Gasteiger partial charge in [0, 0.05) is 5.41 Å². The minimum atomic E-state index is 0.238. The molecule has 1 aromatic carbocycles. The summed E-state index contributed by atoms with van der Waals surface area (Å²) in [6, 6.07) is 4.65. The molecule has 0 bridgehead atoms. The van der Waals surface area contributed by atoms with Gasteiger partial charge in [0.2, 0.25) is 0 Å². The van der Waals surface area contributed by atoms with Gasteiger partial charge in [0.1, 0.15) is 0 Å². The van der Waals surface area contributed by atoms with Crippen LogP contribution < -0.4 is 5.73 Å². The second-order valence-electron chi connectivity index (χ2n) is 5.42. The third-order valence-corrected chi connectivity index (χ3v) is 4.03. The van der Waals surface area contributed by atoms with Crippen molar-refractivity contribution >= 4 is 0 Å². The molecule has 0 saturated carbocycles. The number of ether oxygens (including phenoxy) is 1. The minimum Gasteiger partial charge on any atom is -0.379 e. The zero-order valence-corrected chi connectivity index (χ0v) is 11.2. The lowest BCUT2D eigenvalue weighted by Gasteiger charge is -2.43. The van der Waals surface area contributed by atoms with E-state index in [1.165, 1.54) is 22.3 Å². The molecule has 0 unspecified atom stereocenters. The van der Waals surface area contributed by atoms with Gasteiger partial charge in [-0.05, 0) is 62.4 Å². The second kappa shape index (κ2) is 4.79. The molecule has 1 aliphatic rings. The molecule has 2 rings (SSSR count). The average Bonchev–Trinajstić information content (AvgIpc) is 2.23. The first-order valence-corrected chi connectivity index (χ1v) is 6.45. The number of hydrogen-bond donors (Lipinski definition) is 1. The molecular weight excluding hydrogens is 210 g/mol. The number of hydrogen-bond acceptors (Lipinski definition) is 2. The van der Waals surface area contributed by atoms with Crippen LogP contribution in [-0.2, 0) is 10.2 Å². The van der Waals surface area contributed by atoms with Crippen LogP contribution >= 0.6 is 0 Å². The van der Waals surface area contributed by atoms with Crippen molar-refractivity contribution in [3.8, 4) is 0 Å². The van der Waals surface area contributed by atoms with Crippen LogP contribution in [0.2, 0.25) is 0 Å². The van der Waals surface area contributed by atoms with Crippen molar-refractivity contribution < 1.29 is 4.74 Å². The topological polar surface area (TPSA) is 35.2 Å². The molecule has 94 valence electrons. The molecule has 2 N–H and O–H groups in total. The summed E-state index contributed by atoms with van der Waals surface area (Å²) in [5, 5.41) is 0. The van der Waals surface area contributed by atoms with E-state index >= 15 is 0 Å². The van der Waals surface area contributed by atoms with Crippen LogP contribution in [0.1, 0.15) is 35.1 Å². The van der Waals surface area contributed by atoms with Gasteiger partial charge in [-0.15, -0.1) is 0 Å². The Morgan fingerprint density at radius 1 is 1.12 bits per heavy atom. The van der Waals surface area contributed by atoms with E-state index in [0.717, 1.165) is 32.6 Å². The van der Waals surface area contributed by atoms with Crippen LogP contribution in [-0.4, -0.2) is 19.8 Å². The highest BCUT2D eigenvalue weighted by molar-refractivity contribution is 5.42. The molecule has 1 heterocycles. The van der Waals surface area contributed by atoms with E-state index in [-0.39, 0.29) is 5.41 Å². The van der Waals surface area contributed by atoms with Crippen LogP contribution in [0, 0.1) is 20.8 Å². The SMILES string of the molecule is Cc1cc(C)c(C2(CCCN)COC2)cc1C. The highest BCUT2D eigenvalue weighted by Gasteiger charge is 2.40. The Balaban J connectivity index is 2.34. The Labute approximate surface area is 104 Å². The molecule has 2 nitrogen and oxygen atoms in total. The van der Waals surface area contributed by atoms with E-state index in [2.05, 4.69) is 32.9 Å². The van der Waals surface area contributed by atoms with E-state index in [9.17, 15) is 0 Å². The molecule has 1 saturated heterocycles. The lowest BCUT2D eigenvalue weighted by Crippen LogP contribution is -2.47. The molecule has 0 radical (unpaired) electrons. The van der Waals surface area contributed by atoms with Gasteiger partial charge >= 0.3 is 0 Å². The fraction of sp³-hybridized carbons (Fsp3) is 0.600. The molecule has 0 spiro atoms. The summed E-state index contributed by atoms with van der Waals surface area (Å²) in [7, 11) is 0. The maximum Gasteiger partial charge on any atom is 0.0585 e. The first-order chi connectivity index (χ1) is 8.09. The predicted molar refractivity (Wildman–Crippen MR) is 71.4 cm³/mol. The van der Waals surface area contributed by atoms with Crippen LogP contribution in [0.4, 0.5) is 0 Å². The smallest absolute Gasteiger partial charge is 0.0585 e. The molecule has 1 aromatic rings. The normalized spacial score (nSPS) is 17.9. The van der Waals surface area contributed by atoms with Crippen LogP contribution in [0.3, 0.4) is 0 Å². The van der Waals surface area contributed by atoms with Gasteiger partial charge < -0.3 is 10.5 Å². The van der Waals surface area contributed by atoms with E-state index in [1.54, 1.807) is 0 Å². The van der Waals surface area contributed by atoms with Gasteiger partial charge in [-0.3, -0.25) is 0 Å². The molecule has 0 atom stereocenters. The van der Waals surface area contributed by atoms with Gasteiger partial charge in [-0.1, -0.05) is 12.1 Å². The van der Waals surface area contributed by atoms with Gasteiger partial charge in [-0.2, -0.15) is 0 Å². The fourth-order valence-corrected chi connectivity index (χ4v) is 2.76. The van der Waals surface area contributed by atoms with Crippen molar-refractivity contribution in [1.82, 2.24) is 0 Å². The highest BCUT2D eigenvalue weighted by atomic mass is 16.5. The molecule has 17 heavy (non-hydrogen) atoms. The van der Waals surface area contributed by atoms with Crippen molar-refractivity contribution in [1.29, 1.82) is 0 Å². The molecule has 0 amide bonds.